The van der Waals surface area contributed by atoms with Crippen LogP contribution in [0, 0.1) is 0 Å². The van der Waals surface area contributed by atoms with Crippen molar-refractivity contribution < 1.29 is 9.84 Å². The van der Waals surface area contributed by atoms with Crippen LogP contribution in [0.3, 0.4) is 0 Å². The second-order valence-electron chi connectivity index (χ2n) is 4.70. The van der Waals surface area contributed by atoms with E-state index in [4.69, 9.17) is 10.5 Å². The van der Waals surface area contributed by atoms with Crippen molar-refractivity contribution in [1.82, 2.24) is 0 Å². The fourth-order valence-electron chi connectivity index (χ4n) is 1.80. The molecule has 0 bridgehead atoms. The van der Waals surface area contributed by atoms with Crippen molar-refractivity contribution in [2.75, 3.05) is 13.2 Å². The Morgan fingerprint density at radius 3 is 2.61 bits per heavy atom. The zero-order valence-electron chi connectivity index (χ0n) is 11.2. The quantitative estimate of drug-likeness (QED) is 0.661. The first-order valence-corrected chi connectivity index (χ1v) is 6.79. The Bertz CT molecular complexity index is 303. The van der Waals surface area contributed by atoms with Crippen LogP contribution in [-0.2, 0) is 11.2 Å². The number of aliphatic hydroxyl groups is 1. The predicted octanol–water partition coefficient (Wildman–Crippen LogP) is 2.12. The molecule has 0 amide bonds. The molecular formula is C15H25NO2. The molecule has 2 atom stereocenters. The van der Waals surface area contributed by atoms with Gasteiger partial charge < -0.3 is 15.6 Å². The molecule has 1 rings (SSSR count). The van der Waals surface area contributed by atoms with E-state index in [1.165, 1.54) is 12.8 Å². The Kier molecular flexibility index (Phi) is 7.65. The number of nitrogens with two attached hydrogens (primary N) is 1. The average molecular weight is 251 g/mol. The van der Waals surface area contributed by atoms with Gasteiger partial charge in [-0.2, -0.15) is 0 Å². The maximum atomic E-state index is 9.89. The second-order valence-corrected chi connectivity index (χ2v) is 4.70. The monoisotopic (exact) mass is 251 g/mol. The molecule has 0 fully saturated rings. The third kappa shape index (κ3) is 6.15. The summed E-state index contributed by atoms with van der Waals surface area (Å²) < 4.78 is 5.43. The van der Waals surface area contributed by atoms with Crippen LogP contribution < -0.4 is 5.73 Å². The molecule has 0 spiro atoms. The Labute approximate surface area is 110 Å². The Morgan fingerprint density at radius 1 is 1.22 bits per heavy atom. The number of unbranched alkanes of at least 4 members (excludes halogenated alkanes) is 2. The van der Waals surface area contributed by atoms with E-state index in [-0.39, 0.29) is 6.04 Å². The van der Waals surface area contributed by atoms with Gasteiger partial charge in [-0.15, -0.1) is 0 Å². The van der Waals surface area contributed by atoms with E-state index >= 15 is 0 Å². The standard InChI is InChI=1S/C15H25NO2/c1-2-3-7-10-18-12-15(17)14(16)11-13-8-5-4-6-9-13/h4-6,8-9,14-15,17H,2-3,7,10-12,16H2,1H3/t14-,15+/m0/s1. The summed E-state index contributed by atoms with van der Waals surface area (Å²) in [5.74, 6) is 0. The van der Waals surface area contributed by atoms with Gasteiger partial charge in [0.2, 0.25) is 0 Å². The van der Waals surface area contributed by atoms with Crippen LogP contribution in [-0.4, -0.2) is 30.5 Å². The molecule has 18 heavy (non-hydrogen) atoms. The minimum atomic E-state index is -0.591. The number of benzene rings is 1. The highest BCUT2D eigenvalue weighted by Gasteiger charge is 2.15. The first kappa shape index (κ1) is 15.2. The highest BCUT2D eigenvalue weighted by atomic mass is 16.5. The molecule has 3 nitrogen and oxygen atoms in total. The molecule has 1 aromatic rings. The maximum Gasteiger partial charge on any atom is 0.0927 e. The molecule has 3 N–H and O–H groups in total. The van der Waals surface area contributed by atoms with Crippen molar-refractivity contribution in [2.24, 2.45) is 5.73 Å². The van der Waals surface area contributed by atoms with Crippen molar-refractivity contribution in [3.8, 4) is 0 Å². The number of hydrogen-bond acceptors (Lipinski definition) is 3. The molecule has 3 heteroatoms. The molecule has 0 unspecified atom stereocenters. The molecule has 0 radical (unpaired) electrons. The molecule has 0 aliphatic rings. The lowest BCUT2D eigenvalue weighted by Gasteiger charge is -2.19. The lowest BCUT2D eigenvalue weighted by molar-refractivity contribution is 0.0223. The van der Waals surface area contributed by atoms with Gasteiger partial charge in [-0.25, -0.2) is 0 Å². The van der Waals surface area contributed by atoms with Crippen molar-refractivity contribution in [3.63, 3.8) is 0 Å². The zero-order chi connectivity index (χ0) is 13.2. The fraction of sp³-hybridized carbons (Fsp3) is 0.600. The van der Waals surface area contributed by atoms with Crippen LogP contribution >= 0.6 is 0 Å². The van der Waals surface area contributed by atoms with E-state index < -0.39 is 6.10 Å². The average Bonchev–Trinajstić information content (AvgIpc) is 2.39. The number of ether oxygens (including phenoxy) is 1. The van der Waals surface area contributed by atoms with Gasteiger partial charge in [0.05, 0.1) is 12.7 Å². The fourth-order valence-corrected chi connectivity index (χ4v) is 1.80. The normalized spacial score (nSPS) is 14.4. The molecule has 0 saturated heterocycles. The third-order valence-corrected chi connectivity index (χ3v) is 2.99. The Balaban J connectivity index is 2.18. The summed E-state index contributed by atoms with van der Waals surface area (Å²) in [6, 6.07) is 9.72. The van der Waals surface area contributed by atoms with Gasteiger partial charge in [-0.1, -0.05) is 50.1 Å². The topological polar surface area (TPSA) is 55.5 Å². The van der Waals surface area contributed by atoms with Crippen molar-refractivity contribution >= 4 is 0 Å². The van der Waals surface area contributed by atoms with E-state index in [2.05, 4.69) is 6.92 Å². The van der Waals surface area contributed by atoms with Gasteiger partial charge in [-0.3, -0.25) is 0 Å². The molecule has 0 heterocycles. The minimum Gasteiger partial charge on any atom is -0.389 e. The summed E-state index contributed by atoms with van der Waals surface area (Å²) in [6.45, 7) is 3.20. The summed E-state index contributed by atoms with van der Waals surface area (Å²) in [4.78, 5) is 0. The number of aliphatic hydroxyl groups excluding tert-OH is 1. The Hall–Kier alpha value is -0.900. The largest absolute Gasteiger partial charge is 0.389 e. The molecule has 0 aliphatic heterocycles. The molecule has 1 aromatic carbocycles. The minimum absolute atomic E-state index is 0.265. The third-order valence-electron chi connectivity index (χ3n) is 2.99. The van der Waals surface area contributed by atoms with Crippen LogP contribution in [0.25, 0.3) is 0 Å². The van der Waals surface area contributed by atoms with Crippen molar-refractivity contribution in [3.05, 3.63) is 35.9 Å². The van der Waals surface area contributed by atoms with E-state index in [0.717, 1.165) is 12.0 Å². The Morgan fingerprint density at radius 2 is 1.94 bits per heavy atom. The molecule has 0 saturated carbocycles. The lowest BCUT2D eigenvalue weighted by Crippen LogP contribution is -2.39. The van der Waals surface area contributed by atoms with Crippen molar-refractivity contribution in [2.45, 2.75) is 44.8 Å². The lowest BCUT2D eigenvalue weighted by atomic mass is 10.0. The summed E-state index contributed by atoms with van der Waals surface area (Å²) in [6.07, 6.45) is 3.50. The van der Waals surface area contributed by atoms with Crippen LogP contribution in [0.2, 0.25) is 0 Å². The first-order chi connectivity index (χ1) is 8.74. The zero-order valence-corrected chi connectivity index (χ0v) is 11.2. The van der Waals surface area contributed by atoms with Gasteiger partial charge in [0.25, 0.3) is 0 Å². The molecule has 0 aliphatic carbocycles. The van der Waals surface area contributed by atoms with Crippen molar-refractivity contribution in [1.29, 1.82) is 0 Å². The van der Waals surface area contributed by atoms with E-state index in [1.54, 1.807) is 0 Å². The van der Waals surface area contributed by atoms with Gasteiger partial charge in [0, 0.05) is 12.6 Å². The summed E-state index contributed by atoms with van der Waals surface area (Å²) >= 11 is 0. The summed E-state index contributed by atoms with van der Waals surface area (Å²) in [7, 11) is 0. The smallest absolute Gasteiger partial charge is 0.0927 e. The number of hydrogen-bond donors (Lipinski definition) is 2. The van der Waals surface area contributed by atoms with Crippen LogP contribution in [0.4, 0.5) is 0 Å². The molecule has 102 valence electrons. The van der Waals surface area contributed by atoms with E-state index in [9.17, 15) is 5.11 Å². The van der Waals surface area contributed by atoms with Crippen LogP contribution in [0.5, 0.6) is 0 Å². The van der Waals surface area contributed by atoms with Crippen LogP contribution in [0.1, 0.15) is 31.7 Å². The first-order valence-electron chi connectivity index (χ1n) is 6.79. The maximum absolute atomic E-state index is 9.89. The summed E-state index contributed by atoms with van der Waals surface area (Å²) in [5.41, 5.74) is 7.11. The highest BCUT2D eigenvalue weighted by molar-refractivity contribution is 5.16. The highest BCUT2D eigenvalue weighted by Crippen LogP contribution is 2.05. The molecular weight excluding hydrogens is 226 g/mol. The van der Waals surface area contributed by atoms with Gasteiger partial charge >= 0.3 is 0 Å². The van der Waals surface area contributed by atoms with Gasteiger partial charge in [-0.05, 0) is 18.4 Å². The number of rotatable bonds is 9. The van der Waals surface area contributed by atoms with Crippen LogP contribution in [0.15, 0.2) is 30.3 Å². The van der Waals surface area contributed by atoms with Gasteiger partial charge in [0.15, 0.2) is 0 Å². The summed E-state index contributed by atoms with van der Waals surface area (Å²) in [5, 5.41) is 9.89. The molecule has 0 aromatic heterocycles. The SMILES string of the molecule is CCCCCOC[C@@H](O)[C@@H](N)Cc1ccccc1. The van der Waals surface area contributed by atoms with Gasteiger partial charge in [0.1, 0.15) is 0 Å². The second kappa shape index (κ2) is 9.09. The predicted molar refractivity (Wildman–Crippen MR) is 74.5 cm³/mol. The van der Waals surface area contributed by atoms with E-state index in [1.807, 2.05) is 30.3 Å². The van der Waals surface area contributed by atoms with E-state index in [0.29, 0.717) is 19.6 Å².